The van der Waals surface area contributed by atoms with Crippen molar-refractivity contribution in [1.29, 1.82) is 0 Å². The Morgan fingerprint density at radius 3 is 2.55 bits per heavy atom. The zero-order valence-electron chi connectivity index (χ0n) is 18.4. The number of fused-ring (bicyclic) bond motifs is 1. The molecule has 6 nitrogen and oxygen atoms in total. The van der Waals surface area contributed by atoms with Crippen molar-refractivity contribution in [3.8, 4) is 0 Å². The van der Waals surface area contributed by atoms with Gasteiger partial charge in [0.2, 0.25) is 0 Å². The second-order valence-electron chi connectivity index (χ2n) is 7.51. The Morgan fingerprint density at radius 1 is 0.970 bits per heavy atom. The van der Waals surface area contributed by atoms with E-state index < -0.39 is 5.97 Å². The van der Waals surface area contributed by atoms with Gasteiger partial charge in [0.15, 0.2) is 11.8 Å². The zero-order chi connectivity index (χ0) is 23.0. The molecule has 7 heteroatoms. The number of benzene rings is 3. The number of thioether (sulfide) groups is 1. The van der Waals surface area contributed by atoms with Crippen LogP contribution in [0.4, 0.5) is 5.69 Å². The number of rotatable bonds is 9. The third kappa shape index (κ3) is 6.02. The fourth-order valence-electron chi connectivity index (χ4n) is 3.46. The SMILES string of the molecule is CCc1cccc(NC(=O)COC(=O)CSc2nc3ccccc3n2Cc2ccccc2)c1. The molecule has 1 amide bonds. The summed E-state index contributed by atoms with van der Waals surface area (Å²) >= 11 is 1.31. The number of aryl methyl sites for hydroxylation is 1. The summed E-state index contributed by atoms with van der Waals surface area (Å²) in [7, 11) is 0. The Morgan fingerprint density at radius 2 is 1.73 bits per heavy atom. The Balaban J connectivity index is 1.35. The van der Waals surface area contributed by atoms with E-state index in [1.54, 1.807) is 0 Å². The molecule has 0 aliphatic rings. The normalized spacial score (nSPS) is 10.8. The molecule has 4 rings (SSSR count). The van der Waals surface area contributed by atoms with E-state index in [2.05, 4.69) is 33.9 Å². The number of ether oxygens (including phenoxy) is 1. The van der Waals surface area contributed by atoms with E-state index in [1.807, 2.05) is 66.7 Å². The van der Waals surface area contributed by atoms with Crippen molar-refractivity contribution in [2.45, 2.75) is 25.0 Å². The molecule has 1 heterocycles. The number of carbonyl (C=O) groups excluding carboxylic acids is 2. The maximum atomic E-state index is 12.3. The zero-order valence-corrected chi connectivity index (χ0v) is 19.2. The molecule has 4 aromatic rings. The number of imidazole rings is 1. The molecule has 0 radical (unpaired) electrons. The van der Waals surface area contributed by atoms with Crippen LogP contribution >= 0.6 is 11.8 Å². The van der Waals surface area contributed by atoms with Crippen LogP contribution in [0.25, 0.3) is 11.0 Å². The van der Waals surface area contributed by atoms with E-state index in [-0.39, 0.29) is 18.3 Å². The van der Waals surface area contributed by atoms with E-state index in [0.717, 1.165) is 33.7 Å². The highest BCUT2D eigenvalue weighted by Gasteiger charge is 2.15. The van der Waals surface area contributed by atoms with Gasteiger partial charge in [-0.25, -0.2) is 4.98 Å². The fourth-order valence-corrected chi connectivity index (χ4v) is 4.27. The molecule has 0 atom stereocenters. The van der Waals surface area contributed by atoms with E-state index in [9.17, 15) is 9.59 Å². The summed E-state index contributed by atoms with van der Waals surface area (Å²) in [5.41, 5.74) is 4.84. The van der Waals surface area contributed by atoms with Crippen molar-refractivity contribution in [2.75, 3.05) is 17.7 Å². The van der Waals surface area contributed by atoms with Gasteiger partial charge in [-0.1, -0.05) is 73.3 Å². The standard InChI is InChI=1S/C26H25N3O3S/c1-2-19-11-8-12-21(15-19)27-24(30)17-32-25(31)18-33-26-28-22-13-6-7-14-23(22)29(26)16-20-9-4-3-5-10-20/h3-15H,2,16-18H2,1H3,(H,27,30). The maximum Gasteiger partial charge on any atom is 0.316 e. The van der Waals surface area contributed by atoms with Crippen LogP contribution in [-0.4, -0.2) is 33.8 Å². The van der Waals surface area contributed by atoms with Crippen LogP contribution in [0.2, 0.25) is 0 Å². The van der Waals surface area contributed by atoms with Crippen molar-refractivity contribution < 1.29 is 14.3 Å². The third-order valence-electron chi connectivity index (χ3n) is 5.11. The number of amides is 1. The van der Waals surface area contributed by atoms with Crippen LogP contribution in [0.1, 0.15) is 18.1 Å². The maximum absolute atomic E-state index is 12.3. The van der Waals surface area contributed by atoms with Crippen molar-refractivity contribution in [3.05, 3.63) is 90.0 Å². The van der Waals surface area contributed by atoms with E-state index in [4.69, 9.17) is 4.74 Å². The fraction of sp³-hybridized carbons (Fsp3) is 0.192. The van der Waals surface area contributed by atoms with Crippen molar-refractivity contribution in [3.63, 3.8) is 0 Å². The first-order valence-electron chi connectivity index (χ1n) is 10.8. The number of para-hydroxylation sites is 2. The summed E-state index contributed by atoms with van der Waals surface area (Å²) in [6.45, 7) is 2.38. The summed E-state index contributed by atoms with van der Waals surface area (Å²) in [6.07, 6.45) is 0.880. The predicted molar refractivity (Wildman–Crippen MR) is 131 cm³/mol. The number of esters is 1. The number of aromatic nitrogens is 2. The minimum Gasteiger partial charge on any atom is -0.455 e. The Hall–Kier alpha value is -3.58. The van der Waals surface area contributed by atoms with Crippen molar-refractivity contribution in [2.24, 2.45) is 0 Å². The van der Waals surface area contributed by atoms with Crippen LogP contribution in [-0.2, 0) is 27.3 Å². The molecule has 0 saturated heterocycles. The van der Waals surface area contributed by atoms with Crippen molar-refractivity contribution >= 4 is 40.4 Å². The second-order valence-corrected chi connectivity index (χ2v) is 8.45. The lowest BCUT2D eigenvalue weighted by Gasteiger charge is -2.10. The largest absolute Gasteiger partial charge is 0.455 e. The van der Waals surface area contributed by atoms with Gasteiger partial charge >= 0.3 is 5.97 Å². The second kappa shape index (κ2) is 10.8. The predicted octanol–water partition coefficient (Wildman–Crippen LogP) is 4.92. The minimum atomic E-state index is -0.462. The highest BCUT2D eigenvalue weighted by atomic mass is 32.2. The first-order valence-corrected chi connectivity index (χ1v) is 11.8. The molecule has 0 bridgehead atoms. The third-order valence-corrected chi connectivity index (χ3v) is 6.06. The van der Waals surface area contributed by atoms with Gasteiger partial charge in [-0.05, 0) is 41.8 Å². The molecule has 0 spiro atoms. The summed E-state index contributed by atoms with van der Waals surface area (Å²) < 4.78 is 7.27. The number of carbonyl (C=O) groups is 2. The van der Waals surface area contributed by atoms with Gasteiger partial charge < -0.3 is 14.6 Å². The number of nitrogens with one attached hydrogen (secondary N) is 1. The van der Waals surface area contributed by atoms with Crippen LogP contribution in [0.3, 0.4) is 0 Å². The monoisotopic (exact) mass is 459 g/mol. The molecule has 3 aromatic carbocycles. The molecule has 0 unspecified atom stereocenters. The number of anilines is 1. The summed E-state index contributed by atoms with van der Waals surface area (Å²) in [4.78, 5) is 29.1. The molecule has 0 saturated carbocycles. The first-order chi connectivity index (χ1) is 16.1. The molecule has 33 heavy (non-hydrogen) atoms. The first kappa shape index (κ1) is 22.6. The van der Waals surface area contributed by atoms with E-state index in [1.165, 1.54) is 11.8 Å². The Kier molecular flexibility index (Phi) is 7.42. The topological polar surface area (TPSA) is 73.2 Å². The summed E-state index contributed by atoms with van der Waals surface area (Å²) in [5.74, 6) is -0.759. The van der Waals surface area contributed by atoms with Gasteiger partial charge in [-0.2, -0.15) is 0 Å². The highest BCUT2D eigenvalue weighted by molar-refractivity contribution is 7.99. The Labute approximate surface area is 197 Å². The van der Waals surface area contributed by atoms with Crippen LogP contribution in [0, 0.1) is 0 Å². The van der Waals surface area contributed by atoms with Gasteiger partial charge in [0.05, 0.1) is 23.3 Å². The Bertz CT molecular complexity index is 1250. The van der Waals surface area contributed by atoms with Crippen LogP contribution < -0.4 is 5.32 Å². The lowest BCUT2D eigenvalue weighted by atomic mass is 10.1. The average molecular weight is 460 g/mol. The average Bonchev–Trinajstić information content (AvgIpc) is 3.19. The molecule has 0 aliphatic carbocycles. The molecular weight excluding hydrogens is 434 g/mol. The van der Waals surface area contributed by atoms with Crippen molar-refractivity contribution in [1.82, 2.24) is 9.55 Å². The number of nitrogens with zero attached hydrogens (tertiary/aromatic N) is 2. The lowest BCUT2D eigenvalue weighted by molar-refractivity contribution is -0.144. The van der Waals surface area contributed by atoms with E-state index in [0.29, 0.717) is 12.2 Å². The number of hydrogen-bond acceptors (Lipinski definition) is 5. The smallest absolute Gasteiger partial charge is 0.316 e. The minimum absolute atomic E-state index is 0.0662. The van der Waals surface area contributed by atoms with E-state index >= 15 is 0 Å². The summed E-state index contributed by atoms with van der Waals surface area (Å²) in [6, 6.07) is 25.6. The van der Waals surface area contributed by atoms with Crippen LogP contribution in [0.5, 0.6) is 0 Å². The number of hydrogen-bond donors (Lipinski definition) is 1. The molecule has 0 fully saturated rings. The van der Waals surface area contributed by atoms with Gasteiger partial charge in [-0.15, -0.1) is 0 Å². The van der Waals surface area contributed by atoms with Gasteiger partial charge in [0.1, 0.15) is 0 Å². The molecule has 1 aromatic heterocycles. The lowest BCUT2D eigenvalue weighted by Crippen LogP contribution is -2.21. The van der Waals surface area contributed by atoms with Gasteiger partial charge in [-0.3, -0.25) is 9.59 Å². The quantitative estimate of drug-likeness (QED) is 0.284. The van der Waals surface area contributed by atoms with Crippen LogP contribution in [0.15, 0.2) is 84.0 Å². The molecular formula is C26H25N3O3S. The highest BCUT2D eigenvalue weighted by Crippen LogP contribution is 2.25. The van der Waals surface area contributed by atoms with Gasteiger partial charge in [0.25, 0.3) is 5.91 Å². The summed E-state index contributed by atoms with van der Waals surface area (Å²) in [5, 5.41) is 3.49. The van der Waals surface area contributed by atoms with Gasteiger partial charge in [0, 0.05) is 5.69 Å². The molecule has 1 N–H and O–H groups in total. The molecule has 0 aliphatic heterocycles. The molecule has 168 valence electrons.